The van der Waals surface area contributed by atoms with Crippen LogP contribution in [-0.2, 0) is 32.6 Å². The van der Waals surface area contributed by atoms with Gasteiger partial charge in [-0.15, -0.1) is 0 Å². The molecule has 4 nitrogen and oxygen atoms in total. The number of aromatic nitrogens is 3. The maximum absolute atomic E-state index is 13.2. The molecule has 0 fully saturated rings. The Kier molecular flexibility index (Phi) is 7.16. The van der Waals surface area contributed by atoms with Crippen molar-refractivity contribution in [3.05, 3.63) is 87.2 Å². The maximum Gasteiger partial charge on any atom is 0.434 e. The molecule has 0 radical (unpaired) electrons. The summed E-state index contributed by atoms with van der Waals surface area (Å²) in [4.78, 5) is 6.31. The second-order valence-electron chi connectivity index (χ2n) is 9.62. The quantitative estimate of drug-likeness (QED) is 0.339. The zero-order valence-corrected chi connectivity index (χ0v) is 21.5. The third-order valence-electron chi connectivity index (χ3n) is 7.19. The first-order valence-electron chi connectivity index (χ1n) is 12.2. The number of fused-ring (bicyclic) bond motifs is 2. The number of nitrogens with zero attached hydrogens (tertiary/aromatic N) is 4. The largest absolute Gasteiger partial charge is 0.434 e. The van der Waals surface area contributed by atoms with Crippen molar-refractivity contribution in [2.45, 2.75) is 50.9 Å². The number of hydrogen-bond donors (Lipinski definition) is 0. The summed E-state index contributed by atoms with van der Waals surface area (Å²) in [7, 11) is 2.01. The SMILES string of the molecule is C[n+]1ccn(CCC2C3=C(CCN2CCCc2ccc(Cl)c(C(F)(F)F)n2)c2cc(Cl)ccc2C3)c1. The van der Waals surface area contributed by atoms with Crippen molar-refractivity contribution >= 4 is 28.8 Å². The van der Waals surface area contributed by atoms with Gasteiger partial charge in [-0.2, -0.15) is 13.2 Å². The predicted molar refractivity (Wildman–Crippen MR) is 135 cm³/mol. The standard InChI is InChI=1S/C27H28Cl2F3N4/c1-34-13-14-35(17-34)11-9-25-23-15-18-4-5-19(28)16-22(18)21(23)8-12-36(25)10-2-3-20-6-7-24(29)26(33-20)27(30,31)32/h4-7,13-14,16-17,25H,2-3,8-12,15H2,1H3/q+1. The Morgan fingerprint density at radius 3 is 2.72 bits per heavy atom. The first kappa shape index (κ1) is 25.3. The monoisotopic (exact) mass is 535 g/mol. The molecule has 2 aliphatic rings. The summed E-state index contributed by atoms with van der Waals surface area (Å²) in [5.74, 6) is 0. The molecule has 1 aliphatic carbocycles. The van der Waals surface area contributed by atoms with E-state index in [0.29, 0.717) is 12.1 Å². The lowest BCUT2D eigenvalue weighted by molar-refractivity contribution is -0.671. The molecule has 0 spiro atoms. The van der Waals surface area contributed by atoms with Gasteiger partial charge in [-0.05, 0) is 78.8 Å². The van der Waals surface area contributed by atoms with Crippen LogP contribution in [0.2, 0.25) is 10.0 Å². The smallest absolute Gasteiger partial charge is 0.296 e. The van der Waals surface area contributed by atoms with E-state index in [4.69, 9.17) is 23.2 Å². The van der Waals surface area contributed by atoms with Gasteiger partial charge in [0.15, 0.2) is 5.69 Å². The van der Waals surface area contributed by atoms with Gasteiger partial charge in [0, 0.05) is 29.7 Å². The van der Waals surface area contributed by atoms with Crippen LogP contribution >= 0.6 is 23.2 Å². The Morgan fingerprint density at radius 2 is 1.97 bits per heavy atom. The number of hydrogen-bond acceptors (Lipinski definition) is 2. The Bertz CT molecular complexity index is 1300. The Labute approximate surface area is 219 Å². The van der Waals surface area contributed by atoms with E-state index in [2.05, 4.69) is 39.1 Å². The zero-order valence-electron chi connectivity index (χ0n) is 20.0. The fraction of sp³-hybridized carbons (Fsp3) is 0.407. The van der Waals surface area contributed by atoms with E-state index in [1.807, 2.05) is 23.9 Å². The Hall–Kier alpha value is -2.35. The van der Waals surface area contributed by atoms with Crippen LogP contribution in [0.25, 0.3) is 5.57 Å². The zero-order chi connectivity index (χ0) is 25.4. The summed E-state index contributed by atoms with van der Waals surface area (Å²) in [6.45, 7) is 2.60. The number of benzene rings is 1. The van der Waals surface area contributed by atoms with Crippen molar-refractivity contribution in [3.8, 4) is 0 Å². The fourth-order valence-electron chi connectivity index (χ4n) is 5.53. The molecule has 1 atom stereocenters. The summed E-state index contributed by atoms with van der Waals surface area (Å²) >= 11 is 12.1. The molecule has 1 unspecified atom stereocenters. The van der Waals surface area contributed by atoms with Gasteiger partial charge in [0.2, 0.25) is 6.33 Å². The van der Waals surface area contributed by atoms with Gasteiger partial charge in [-0.25, -0.2) is 14.1 Å². The Balaban J connectivity index is 1.32. The van der Waals surface area contributed by atoms with Gasteiger partial charge in [0.25, 0.3) is 0 Å². The van der Waals surface area contributed by atoms with Crippen molar-refractivity contribution in [3.63, 3.8) is 0 Å². The number of imidazole rings is 1. The third kappa shape index (κ3) is 5.34. The predicted octanol–water partition coefficient (Wildman–Crippen LogP) is 6.14. The lowest BCUT2D eigenvalue weighted by Crippen LogP contribution is -2.42. The van der Waals surface area contributed by atoms with Gasteiger partial charge >= 0.3 is 6.18 Å². The summed E-state index contributed by atoms with van der Waals surface area (Å²) < 4.78 is 43.9. The van der Waals surface area contributed by atoms with Crippen LogP contribution in [0, 0.1) is 0 Å². The topological polar surface area (TPSA) is 24.9 Å². The van der Waals surface area contributed by atoms with E-state index in [9.17, 15) is 13.2 Å². The lowest BCUT2D eigenvalue weighted by Gasteiger charge is -2.37. The summed E-state index contributed by atoms with van der Waals surface area (Å²) in [5.41, 5.74) is 4.89. The summed E-state index contributed by atoms with van der Waals surface area (Å²) in [5, 5.41) is 0.399. The number of rotatable bonds is 7. The van der Waals surface area contributed by atoms with Gasteiger partial charge in [0.1, 0.15) is 12.4 Å². The highest BCUT2D eigenvalue weighted by Gasteiger charge is 2.36. The first-order valence-corrected chi connectivity index (χ1v) is 12.9. The first-order chi connectivity index (χ1) is 17.2. The highest BCUT2D eigenvalue weighted by atomic mass is 35.5. The number of alkyl halides is 3. The van der Waals surface area contributed by atoms with E-state index in [-0.39, 0.29) is 11.1 Å². The average molecular weight is 536 g/mol. The van der Waals surface area contributed by atoms with Crippen LogP contribution in [0.3, 0.4) is 0 Å². The van der Waals surface area contributed by atoms with Gasteiger partial charge in [0.05, 0.1) is 18.6 Å². The van der Waals surface area contributed by atoms with Crippen molar-refractivity contribution < 1.29 is 17.7 Å². The molecule has 3 aromatic rings. The number of halogens is 5. The molecule has 0 saturated carbocycles. The minimum atomic E-state index is -4.55. The Morgan fingerprint density at radius 1 is 1.14 bits per heavy atom. The molecule has 1 aliphatic heterocycles. The van der Waals surface area contributed by atoms with Crippen molar-refractivity contribution in [1.29, 1.82) is 0 Å². The normalized spacial score (nSPS) is 18.0. The summed E-state index contributed by atoms with van der Waals surface area (Å²) in [6.07, 6.45) is 5.68. The molecule has 36 heavy (non-hydrogen) atoms. The van der Waals surface area contributed by atoms with E-state index >= 15 is 0 Å². The second kappa shape index (κ2) is 10.2. The summed E-state index contributed by atoms with van der Waals surface area (Å²) in [6, 6.07) is 9.34. The molecular formula is C27H28Cl2F3N4+. The van der Waals surface area contributed by atoms with E-state index in [0.717, 1.165) is 50.3 Å². The van der Waals surface area contributed by atoms with Crippen molar-refractivity contribution in [2.24, 2.45) is 7.05 Å². The molecule has 0 bridgehead atoms. The molecule has 3 heterocycles. The molecule has 0 saturated heterocycles. The molecule has 9 heteroatoms. The molecule has 0 amide bonds. The van der Waals surface area contributed by atoms with Crippen LogP contribution in [0.4, 0.5) is 13.2 Å². The third-order valence-corrected chi connectivity index (χ3v) is 7.73. The molecule has 2 aromatic heterocycles. The maximum atomic E-state index is 13.2. The highest BCUT2D eigenvalue weighted by Crippen LogP contribution is 2.43. The molecule has 1 aromatic carbocycles. The molecule has 190 valence electrons. The fourth-order valence-corrected chi connectivity index (χ4v) is 5.91. The average Bonchev–Trinajstić information content (AvgIpc) is 3.41. The molecule has 5 rings (SSSR count). The van der Waals surface area contributed by atoms with Gasteiger partial charge in [-0.1, -0.05) is 29.3 Å². The number of pyridine rings is 1. The van der Waals surface area contributed by atoms with Gasteiger partial charge in [-0.3, -0.25) is 4.90 Å². The number of aryl methyl sites for hydroxylation is 3. The molecular weight excluding hydrogens is 508 g/mol. The van der Waals surface area contributed by atoms with Gasteiger partial charge < -0.3 is 0 Å². The van der Waals surface area contributed by atoms with Crippen LogP contribution in [0.5, 0.6) is 0 Å². The van der Waals surface area contributed by atoms with Crippen LogP contribution in [0.15, 0.2) is 54.6 Å². The van der Waals surface area contributed by atoms with Crippen LogP contribution in [-0.4, -0.2) is 33.6 Å². The minimum Gasteiger partial charge on any atom is -0.296 e. The van der Waals surface area contributed by atoms with Crippen LogP contribution in [0.1, 0.15) is 41.8 Å². The lowest BCUT2D eigenvalue weighted by atomic mass is 9.90. The van der Waals surface area contributed by atoms with E-state index in [1.54, 1.807) is 6.07 Å². The molecule has 0 N–H and O–H groups in total. The van der Waals surface area contributed by atoms with E-state index < -0.39 is 11.9 Å². The minimum absolute atomic E-state index is 0.275. The van der Waals surface area contributed by atoms with Crippen LogP contribution < -0.4 is 4.57 Å². The highest BCUT2D eigenvalue weighted by molar-refractivity contribution is 6.31. The second-order valence-corrected chi connectivity index (χ2v) is 10.5. The van der Waals surface area contributed by atoms with Crippen molar-refractivity contribution in [2.75, 3.05) is 13.1 Å². The van der Waals surface area contributed by atoms with Crippen molar-refractivity contribution in [1.82, 2.24) is 14.5 Å². The van der Waals surface area contributed by atoms with E-state index in [1.165, 1.54) is 28.3 Å².